The number of nitrogens with zero attached hydrogens (tertiary/aromatic N) is 2. The molecule has 4 N–H and O–H groups in total. The topological polar surface area (TPSA) is 127 Å². The van der Waals surface area contributed by atoms with Crippen molar-refractivity contribution in [3.05, 3.63) is 36.0 Å². The summed E-state index contributed by atoms with van der Waals surface area (Å²) in [5, 5.41) is 12.4. The van der Waals surface area contributed by atoms with E-state index >= 15 is 0 Å². The lowest BCUT2D eigenvalue weighted by Gasteiger charge is -2.07. The predicted molar refractivity (Wildman–Crippen MR) is 89.9 cm³/mol. The van der Waals surface area contributed by atoms with Gasteiger partial charge in [0.25, 0.3) is 0 Å². The molecule has 0 spiro atoms. The van der Waals surface area contributed by atoms with Gasteiger partial charge < -0.3 is 20.9 Å². The first-order valence-corrected chi connectivity index (χ1v) is 8.00. The summed E-state index contributed by atoms with van der Waals surface area (Å²) in [6, 6.07) is 6.41. The fraction of sp³-hybridized carbons (Fsp3) is 0.200. The van der Waals surface area contributed by atoms with E-state index in [4.69, 9.17) is 10.5 Å². The molecule has 0 aliphatic rings. The van der Waals surface area contributed by atoms with Crippen molar-refractivity contribution in [2.75, 3.05) is 23.4 Å². The Kier molecular flexibility index (Phi) is 5.96. The highest BCUT2D eigenvalue weighted by atomic mass is 32.2. The molecule has 0 fully saturated rings. The predicted octanol–water partition coefficient (Wildman–Crippen LogP) is 1.67. The van der Waals surface area contributed by atoms with Gasteiger partial charge >= 0.3 is 5.97 Å². The molecule has 0 unspecified atom stereocenters. The van der Waals surface area contributed by atoms with Gasteiger partial charge in [0.1, 0.15) is 17.1 Å². The van der Waals surface area contributed by atoms with Gasteiger partial charge in [-0.2, -0.15) is 0 Å². The number of carbonyl (C=O) groups is 2. The van der Waals surface area contributed by atoms with Crippen molar-refractivity contribution in [1.82, 2.24) is 9.97 Å². The molecule has 0 atom stereocenters. The second-order valence-electron chi connectivity index (χ2n) is 4.53. The number of nitrogens with one attached hydrogen (secondary N) is 1. The average molecular weight is 348 g/mol. The highest BCUT2D eigenvalue weighted by Crippen LogP contribution is 2.22. The Balaban J connectivity index is 1.94. The van der Waals surface area contributed by atoms with Crippen LogP contribution in [-0.4, -0.2) is 39.3 Å². The number of nitrogen functional groups attached to an aromatic ring is 1. The average Bonchev–Trinajstić information content (AvgIpc) is 2.55. The summed E-state index contributed by atoms with van der Waals surface area (Å²) >= 11 is 1.05. The maximum absolute atomic E-state index is 11.9. The van der Waals surface area contributed by atoms with Gasteiger partial charge in [-0.1, -0.05) is 23.9 Å². The summed E-state index contributed by atoms with van der Waals surface area (Å²) < 4.78 is 4.83. The van der Waals surface area contributed by atoms with Crippen molar-refractivity contribution < 1.29 is 19.4 Å². The third-order valence-electron chi connectivity index (χ3n) is 2.80. The molecule has 1 amide bonds. The quantitative estimate of drug-likeness (QED) is 0.311. The summed E-state index contributed by atoms with van der Waals surface area (Å²) in [5.41, 5.74) is 6.11. The number of hydrogen-bond donors (Lipinski definition) is 3. The van der Waals surface area contributed by atoms with Crippen LogP contribution in [0.15, 0.2) is 35.6 Å². The smallest absolute Gasteiger partial charge is 0.343 e. The molecule has 0 aliphatic heterocycles. The lowest BCUT2D eigenvalue weighted by atomic mass is 10.3. The highest BCUT2D eigenvalue weighted by Gasteiger charge is 2.14. The number of aromatic nitrogens is 2. The minimum absolute atomic E-state index is 0.00735. The van der Waals surface area contributed by atoms with Gasteiger partial charge in [0.15, 0.2) is 5.16 Å². The van der Waals surface area contributed by atoms with Gasteiger partial charge in [0, 0.05) is 6.20 Å². The Bertz CT molecular complexity index is 754. The van der Waals surface area contributed by atoms with Gasteiger partial charge in [-0.25, -0.2) is 14.8 Å². The zero-order valence-corrected chi connectivity index (χ0v) is 13.7. The fourth-order valence-electron chi connectivity index (χ4n) is 1.71. The number of ether oxygens (including phenoxy) is 1. The number of esters is 1. The zero-order valence-electron chi connectivity index (χ0n) is 12.9. The Labute approximate surface area is 142 Å². The molecule has 0 saturated heterocycles. The molecule has 0 bridgehead atoms. The number of phenolic OH excluding ortho intramolecular Hbond substituents is 1. The third-order valence-corrected chi connectivity index (χ3v) is 3.66. The van der Waals surface area contributed by atoms with E-state index in [0.29, 0.717) is 5.69 Å². The molecule has 2 aromatic rings. The Hall–Kier alpha value is -2.81. The highest BCUT2D eigenvalue weighted by molar-refractivity contribution is 7.99. The van der Waals surface area contributed by atoms with Crippen molar-refractivity contribution in [2.24, 2.45) is 0 Å². The molecule has 126 valence electrons. The number of nitrogens with two attached hydrogens (primary N) is 1. The van der Waals surface area contributed by atoms with Crippen molar-refractivity contribution in [3.8, 4) is 5.75 Å². The van der Waals surface area contributed by atoms with E-state index in [2.05, 4.69) is 15.3 Å². The molecular formula is C15H16N4O4S. The molecule has 0 saturated carbocycles. The number of benzene rings is 1. The maximum Gasteiger partial charge on any atom is 0.343 e. The number of phenols is 1. The number of hydrogen-bond acceptors (Lipinski definition) is 8. The molecule has 1 heterocycles. The molecule has 1 aromatic heterocycles. The van der Waals surface area contributed by atoms with E-state index in [1.54, 1.807) is 25.1 Å². The van der Waals surface area contributed by atoms with Gasteiger partial charge in [-0.05, 0) is 19.1 Å². The van der Waals surface area contributed by atoms with Crippen LogP contribution in [0.1, 0.15) is 17.3 Å². The van der Waals surface area contributed by atoms with Gasteiger partial charge in [0.2, 0.25) is 5.91 Å². The van der Waals surface area contributed by atoms with Crippen molar-refractivity contribution >= 4 is 35.1 Å². The van der Waals surface area contributed by atoms with Crippen LogP contribution in [-0.2, 0) is 9.53 Å². The monoisotopic (exact) mass is 348 g/mol. The van der Waals surface area contributed by atoms with Crippen LogP contribution in [0, 0.1) is 0 Å². The fourth-order valence-corrected chi connectivity index (χ4v) is 2.33. The molecule has 2 rings (SSSR count). The van der Waals surface area contributed by atoms with Crippen LogP contribution in [0.4, 0.5) is 11.5 Å². The van der Waals surface area contributed by atoms with E-state index in [9.17, 15) is 14.7 Å². The summed E-state index contributed by atoms with van der Waals surface area (Å²) in [4.78, 5) is 31.4. The number of amides is 1. The molecule has 24 heavy (non-hydrogen) atoms. The number of para-hydroxylation sites is 2. The van der Waals surface area contributed by atoms with E-state index in [-0.39, 0.29) is 40.6 Å². The van der Waals surface area contributed by atoms with Crippen molar-refractivity contribution in [1.29, 1.82) is 0 Å². The number of carbonyl (C=O) groups excluding carboxylic acids is 2. The van der Waals surface area contributed by atoms with Gasteiger partial charge in [-0.15, -0.1) is 0 Å². The normalized spacial score (nSPS) is 10.2. The third kappa shape index (κ3) is 4.59. The minimum atomic E-state index is -0.594. The number of anilines is 2. The summed E-state index contributed by atoms with van der Waals surface area (Å²) in [6.07, 6.45) is 1.27. The summed E-state index contributed by atoms with van der Waals surface area (Å²) in [6.45, 7) is 1.91. The Morgan fingerprint density at radius 3 is 2.79 bits per heavy atom. The molecule has 0 radical (unpaired) electrons. The zero-order chi connectivity index (χ0) is 17.5. The first-order valence-electron chi connectivity index (χ1n) is 7.01. The van der Waals surface area contributed by atoms with E-state index in [1.807, 2.05) is 0 Å². The molecular weight excluding hydrogens is 332 g/mol. The molecule has 0 aliphatic carbocycles. The number of aromatic hydroxyl groups is 1. The van der Waals surface area contributed by atoms with Crippen LogP contribution < -0.4 is 11.1 Å². The van der Waals surface area contributed by atoms with Crippen LogP contribution >= 0.6 is 11.8 Å². The van der Waals surface area contributed by atoms with Crippen molar-refractivity contribution in [2.45, 2.75) is 12.1 Å². The molecule has 9 heteroatoms. The van der Waals surface area contributed by atoms with E-state index < -0.39 is 5.97 Å². The Morgan fingerprint density at radius 1 is 1.38 bits per heavy atom. The number of thioether (sulfide) groups is 1. The van der Waals surface area contributed by atoms with Gasteiger partial charge in [-0.3, -0.25) is 4.79 Å². The summed E-state index contributed by atoms with van der Waals surface area (Å²) in [5.74, 6) is -0.934. The standard InChI is InChI=1S/C15H16N4O4S/c1-2-23-14(22)9-7-17-15(19-13(9)16)24-8-12(21)18-10-5-3-4-6-11(10)20/h3-7,20H,2,8H2,1H3,(H,18,21)(H2,16,17,19). The van der Waals surface area contributed by atoms with Crippen LogP contribution in [0.2, 0.25) is 0 Å². The van der Waals surface area contributed by atoms with Crippen LogP contribution in [0.5, 0.6) is 5.75 Å². The minimum Gasteiger partial charge on any atom is -0.506 e. The molecule has 1 aromatic carbocycles. The SMILES string of the molecule is CCOC(=O)c1cnc(SCC(=O)Nc2ccccc2O)nc1N. The number of rotatable bonds is 6. The summed E-state index contributed by atoms with van der Waals surface area (Å²) in [7, 11) is 0. The second kappa shape index (κ2) is 8.16. The lowest BCUT2D eigenvalue weighted by molar-refractivity contribution is -0.113. The first-order chi connectivity index (χ1) is 11.5. The Morgan fingerprint density at radius 2 is 2.12 bits per heavy atom. The molecule has 8 nitrogen and oxygen atoms in total. The van der Waals surface area contributed by atoms with E-state index in [0.717, 1.165) is 11.8 Å². The maximum atomic E-state index is 11.9. The largest absolute Gasteiger partial charge is 0.506 e. The van der Waals surface area contributed by atoms with Gasteiger partial charge in [0.05, 0.1) is 18.0 Å². The first kappa shape index (κ1) is 17.5. The van der Waals surface area contributed by atoms with E-state index in [1.165, 1.54) is 12.3 Å². The van der Waals surface area contributed by atoms with Crippen molar-refractivity contribution in [3.63, 3.8) is 0 Å². The van der Waals surface area contributed by atoms with Crippen LogP contribution in [0.3, 0.4) is 0 Å². The lowest BCUT2D eigenvalue weighted by Crippen LogP contribution is -2.15. The van der Waals surface area contributed by atoms with Crippen LogP contribution in [0.25, 0.3) is 0 Å². The second-order valence-corrected chi connectivity index (χ2v) is 5.47.